The van der Waals surface area contributed by atoms with Gasteiger partial charge in [0.2, 0.25) is 16.6 Å². The molecule has 0 bridgehead atoms. The van der Waals surface area contributed by atoms with Gasteiger partial charge < -0.3 is 8.30 Å². The fraction of sp³-hybridized carbons (Fsp3) is 0.632. The van der Waals surface area contributed by atoms with Gasteiger partial charge in [0.25, 0.3) is 0 Å². The van der Waals surface area contributed by atoms with Crippen molar-refractivity contribution in [3.63, 3.8) is 0 Å². The van der Waals surface area contributed by atoms with E-state index in [9.17, 15) is 26.4 Å². The molecule has 2 aliphatic carbocycles. The van der Waals surface area contributed by atoms with Gasteiger partial charge in [-0.3, -0.25) is 4.79 Å². The van der Waals surface area contributed by atoms with E-state index in [2.05, 4.69) is 42.6 Å². The number of alkyl halides is 3. The Morgan fingerprint density at radius 3 is 1.63 bits per heavy atom. The standard InChI is InChI=1S/C9H16OSi.C6H8O.C4H9F3O3SSi/c1-8-6-5-7-9(8)10-11(2,3)4;1-5-3-2-4-6(5)7;1-12(2,3)10-11(8,9)4(5,6)7/h6-7H,5H2,1-4H3;3H,2,4H2,1H3;1-3H3. The van der Waals surface area contributed by atoms with Crippen molar-refractivity contribution in [2.45, 2.75) is 77.9 Å². The highest BCUT2D eigenvalue weighted by Gasteiger charge is 2.49. The molecule has 174 valence electrons. The topological polar surface area (TPSA) is 69.7 Å². The monoisotopic (exact) mass is 486 g/mol. The fourth-order valence-electron chi connectivity index (χ4n) is 2.16. The zero-order valence-corrected chi connectivity index (χ0v) is 21.8. The third kappa shape index (κ3) is 11.9. The van der Waals surface area contributed by atoms with Crippen molar-refractivity contribution in [3.8, 4) is 0 Å². The van der Waals surface area contributed by atoms with E-state index in [1.807, 2.05) is 13.0 Å². The molecule has 0 N–H and O–H groups in total. The highest BCUT2D eigenvalue weighted by atomic mass is 32.2. The van der Waals surface area contributed by atoms with Crippen LogP contribution in [0.15, 0.2) is 35.1 Å². The molecule has 0 amide bonds. The molecule has 0 saturated carbocycles. The van der Waals surface area contributed by atoms with Crippen LogP contribution in [0.4, 0.5) is 13.2 Å². The number of Topliss-reactive ketones (excluding diaryl/α,β-unsaturated/α-hetero) is 1. The lowest BCUT2D eigenvalue weighted by Crippen LogP contribution is -2.36. The second-order valence-corrected chi connectivity index (χ2v) is 19.5. The molecule has 0 aromatic heterocycles. The molecule has 0 aliphatic heterocycles. The number of hydrogen-bond donors (Lipinski definition) is 0. The van der Waals surface area contributed by atoms with Gasteiger partial charge in [0.15, 0.2) is 5.78 Å². The third-order valence-electron chi connectivity index (χ3n) is 3.44. The molecule has 0 aromatic carbocycles. The zero-order chi connectivity index (χ0) is 24.0. The molecule has 0 heterocycles. The minimum absolute atomic E-state index is 0.319. The van der Waals surface area contributed by atoms with E-state index in [4.69, 9.17) is 4.43 Å². The number of carbonyl (C=O) groups excluding carboxylic acids is 1. The zero-order valence-electron chi connectivity index (χ0n) is 18.9. The van der Waals surface area contributed by atoms with Crippen molar-refractivity contribution < 1.29 is 34.7 Å². The first kappa shape index (κ1) is 28.8. The van der Waals surface area contributed by atoms with E-state index in [1.54, 1.807) is 0 Å². The molecule has 11 heteroatoms. The van der Waals surface area contributed by atoms with Gasteiger partial charge in [-0.1, -0.05) is 12.2 Å². The molecule has 0 fully saturated rings. The van der Waals surface area contributed by atoms with Gasteiger partial charge in [-0.15, -0.1) is 0 Å². The quantitative estimate of drug-likeness (QED) is 0.357. The SMILES string of the molecule is CC1=CCC=C1O[Si](C)(C)C.CC1=CCCC1=O.C[Si](C)(C)OS(=O)(=O)C(F)(F)F. The van der Waals surface area contributed by atoms with Gasteiger partial charge in [0, 0.05) is 6.42 Å². The summed E-state index contributed by atoms with van der Waals surface area (Å²) in [6.07, 6.45) is 9.10. The average Bonchev–Trinajstić information content (AvgIpc) is 3.04. The molecule has 0 radical (unpaired) electrons. The minimum atomic E-state index is -5.39. The second kappa shape index (κ2) is 10.9. The number of carbonyl (C=O) groups is 1. The van der Waals surface area contributed by atoms with Crippen LogP contribution in [0.1, 0.15) is 33.1 Å². The number of hydrogen-bond acceptors (Lipinski definition) is 5. The number of allylic oxidation sites excluding steroid dienone is 5. The smallest absolute Gasteiger partial charge is 0.522 e. The van der Waals surface area contributed by atoms with Crippen LogP contribution < -0.4 is 0 Å². The lowest BCUT2D eigenvalue weighted by atomic mass is 10.2. The maximum atomic E-state index is 11.7. The Balaban J connectivity index is 0.000000433. The number of halogens is 3. The van der Waals surface area contributed by atoms with Crippen molar-refractivity contribution in [2.24, 2.45) is 0 Å². The molecule has 0 unspecified atom stereocenters. The van der Waals surface area contributed by atoms with Crippen LogP contribution in [0.3, 0.4) is 0 Å². The predicted molar refractivity (Wildman–Crippen MR) is 118 cm³/mol. The molecule has 0 spiro atoms. The summed E-state index contributed by atoms with van der Waals surface area (Å²) >= 11 is 0. The van der Waals surface area contributed by atoms with E-state index in [-0.39, 0.29) is 0 Å². The van der Waals surface area contributed by atoms with E-state index in [0.29, 0.717) is 5.78 Å². The van der Waals surface area contributed by atoms with Crippen LogP contribution in [0.25, 0.3) is 0 Å². The third-order valence-corrected chi connectivity index (χ3v) is 7.71. The Bertz CT molecular complexity index is 799. The summed E-state index contributed by atoms with van der Waals surface area (Å²) in [5.41, 5.74) is -3.07. The summed E-state index contributed by atoms with van der Waals surface area (Å²) in [6, 6.07) is 0. The summed E-state index contributed by atoms with van der Waals surface area (Å²) < 4.78 is 65.5. The van der Waals surface area contributed by atoms with Crippen molar-refractivity contribution in [1.82, 2.24) is 0 Å². The Kier molecular flexibility index (Phi) is 10.5. The summed E-state index contributed by atoms with van der Waals surface area (Å²) in [4.78, 5) is 10.5. The Hall–Kier alpha value is -1.18. The molecule has 5 nitrogen and oxygen atoms in total. The first-order valence-corrected chi connectivity index (χ1v) is 17.8. The first-order chi connectivity index (χ1) is 13.3. The molecule has 30 heavy (non-hydrogen) atoms. The maximum Gasteiger partial charge on any atom is 0.522 e. The van der Waals surface area contributed by atoms with Crippen molar-refractivity contribution in [2.75, 3.05) is 0 Å². The van der Waals surface area contributed by atoms with Crippen LogP contribution >= 0.6 is 0 Å². The largest absolute Gasteiger partial charge is 0.544 e. The normalized spacial score (nSPS) is 17.2. The molecule has 0 saturated heterocycles. The van der Waals surface area contributed by atoms with Crippen LogP contribution in [-0.4, -0.2) is 36.3 Å². The van der Waals surface area contributed by atoms with E-state index in [1.165, 1.54) is 25.2 Å². The molecule has 0 aromatic rings. The highest BCUT2D eigenvalue weighted by molar-refractivity contribution is 7.88. The van der Waals surface area contributed by atoms with Gasteiger partial charge in [-0.25, -0.2) is 0 Å². The van der Waals surface area contributed by atoms with Gasteiger partial charge in [0.1, 0.15) is 5.76 Å². The van der Waals surface area contributed by atoms with E-state index in [0.717, 1.165) is 30.6 Å². The van der Waals surface area contributed by atoms with Crippen molar-refractivity contribution in [1.29, 1.82) is 0 Å². The van der Waals surface area contributed by atoms with Crippen molar-refractivity contribution in [3.05, 3.63) is 35.1 Å². The average molecular weight is 487 g/mol. The Morgan fingerprint density at radius 1 is 0.900 bits per heavy atom. The molecular weight excluding hydrogens is 453 g/mol. The molecule has 2 rings (SSSR count). The molecular formula is C19H33F3O5SSi2. The fourth-order valence-corrected chi connectivity index (χ4v) is 6.08. The summed E-state index contributed by atoms with van der Waals surface area (Å²) in [7, 11) is -9.48. The van der Waals surface area contributed by atoms with Crippen LogP contribution in [0.2, 0.25) is 39.3 Å². The summed E-state index contributed by atoms with van der Waals surface area (Å²) in [6.45, 7) is 14.7. The lowest BCUT2D eigenvalue weighted by Gasteiger charge is -2.20. The van der Waals surface area contributed by atoms with Crippen LogP contribution in [-0.2, 0) is 23.2 Å². The van der Waals surface area contributed by atoms with Gasteiger partial charge in [-0.05, 0) is 83.2 Å². The van der Waals surface area contributed by atoms with Crippen molar-refractivity contribution >= 4 is 32.5 Å². The van der Waals surface area contributed by atoms with Gasteiger partial charge in [0.05, 0.1) is 0 Å². The van der Waals surface area contributed by atoms with Gasteiger partial charge >= 0.3 is 15.6 Å². The number of rotatable bonds is 4. The van der Waals surface area contributed by atoms with Gasteiger partial charge in [-0.2, -0.15) is 21.6 Å². The van der Waals surface area contributed by atoms with E-state index < -0.39 is 32.3 Å². The molecule has 2 aliphatic rings. The predicted octanol–water partition coefficient (Wildman–Crippen LogP) is 6.05. The van der Waals surface area contributed by atoms with Crippen LogP contribution in [0, 0.1) is 0 Å². The minimum Gasteiger partial charge on any atom is -0.544 e. The molecule has 0 atom stereocenters. The second-order valence-electron chi connectivity index (χ2n) is 8.85. The summed E-state index contributed by atoms with van der Waals surface area (Å²) in [5, 5.41) is 0. The summed E-state index contributed by atoms with van der Waals surface area (Å²) in [5.74, 6) is 1.43. The van der Waals surface area contributed by atoms with E-state index >= 15 is 0 Å². The highest BCUT2D eigenvalue weighted by Crippen LogP contribution is 2.27. The maximum absolute atomic E-state index is 11.7. The number of ketones is 1. The van der Waals surface area contributed by atoms with Crippen LogP contribution in [0.5, 0.6) is 0 Å². The first-order valence-electron chi connectivity index (χ1n) is 9.53. The Labute approximate surface area is 180 Å². The Morgan fingerprint density at radius 2 is 1.43 bits per heavy atom. The lowest BCUT2D eigenvalue weighted by molar-refractivity contribution is -0.114.